The molecule has 0 unspecified atom stereocenters. The van der Waals surface area contributed by atoms with Gasteiger partial charge in [0.15, 0.2) is 0 Å². The van der Waals surface area contributed by atoms with E-state index in [1.165, 1.54) is 0 Å². The summed E-state index contributed by atoms with van der Waals surface area (Å²) in [5, 5.41) is 0. The number of hydrogen-bond donors (Lipinski definition) is 0. The molecule has 0 N–H and O–H groups in total. The Morgan fingerprint density at radius 2 is 0.923 bits per heavy atom. The number of carbonyl (C=O) groups excluding carboxylic acids is 2. The highest BCUT2D eigenvalue weighted by Crippen LogP contribution is 2.09. The minimum Gasteiger partial charge on any atom is -0.461 e. The molecule has 0 aliphatic carbocycles. The number of esters is 2. The van der Waals surface area contributed by atoms with Crippen LogP contribution in [0.3, 0.4) is 0 Å². The van der Waals surface area contributed by atoms with Crippen molar-refractivity contribution in [2.75, 3.05) is 38.9 Å². The number of ether oxygens (including phenoxy) is 2. The normalized spacial score (nSPS) is 12.4. The Morgan fingerprint density at radius 3 is 1.15 bits per heavy atom. The van der Waals surface area contributed by atoms with Crippen molar-refractivity contribution in [2.24, 2.45) is 0 Å². The molecule has 0 radical (unpaired) electrons. The summed E-state index contributed by atoms with van der Waals surface area (Å²) in [6, 6.07) is 0. The topological polar surface area (TPSA) is 89.5 Å². The van der Waals surface area contributed by atoms with Gasteiger partial charge in [0.25, 0.3) is 0 Å². The van der Waals surface area contributed by atoms with E-state index in [0.29, 0.717) is 26.4 Å². The van der Waals surface area contributed by atoms with E-state index in [2.05, 4.69) is 0 Å². The van der Waals surface area contributed by atoms with Crippen LogP contribution in [-0.2, 0) is 36.8 Å². The van der Waals surface area contributed by atoms with Crippen molar-refractivity contribution in [2.45, 2.75) is 40.8 Å². The van der Waals surface area contributed by atoms with Crippen molar-refractivity contribution < 1.29 is 36.8 Å². The van der Waals surface area contributed by atoms with Crippen molar-refractivity contribution in [3.63, 3.8) is 0 Å². The van der Waals surface area contributed by atoms with Crippen LogP contribution in [-0.4, -0.2) is 67.9 Å². The second-order valence-corrected chi connectivity index (χ2v) is 11.8. The summed E-state index contributed by atoms with van der Waals surface area (Å²) in [6.07, 6.45) is 2.14. The summed E-state index contributed by atoms with van der Waals surface area (Å²) in [5.74, 6) is -1.32. The highest BCUT2D eigenvalue weighted by molar-refractivity contribution is 6.66. The van der Waals surface area contributed by atoms with Crippen molar-refractivity contribution in [1.82, 2.24) is 0 Å². The van der Waals surface area contributed by atoms with Crippen LogP contribution < -0.4 is 0 Å². The first-order chi connectivity index (χ1) is 12.2. The quantitative estimate of drug-likeness (QED) is 0.245. The largest absolute Gasteiger partial charge is 0.461 e. The molecule has 0 aromatic carbocycles. The summed E-state index contributed by atoms with van der Waals surface area (Å²) in [5.41, 5.74) is 0. The molecule has 10 heteroatoms. The highest BCUT2D eigenvalue weighted by atomic mass is 28.4. The van der Waals surface area contributed by atoms with E-state index in [1.54, 1.807) is 0 Å². The van der Waals surface area contributed by atoms with Crippen molar-refractivity contribution in [3.05, 3.63) is 12.2 Å². The standard InChI is InChI=1S/C16H32O8Si2/c1-7-21-25(5,22-8-2)13-19-15(17)11-12-16(18)20-14-26(6,23-9-3)24-10-4/h11-12H,7-10,13-14H2,1-6H3. The fourth-order valence-corrected chi connectivity index (χ4v) is 5.86. The van der Waals surface area contributed by atoms with Crippen LogP contribution in [0.2, 0.25) is 13.1 Å². The molecule has 26 heavy (non-hydrogen) atoms. The van der Waals surface area contributed by atoms with Crippen molar-refractivity contribution >= 4 is 29.1 Å². The first-order valence-electron chi connectivity index (χ1n) is 8.81. The Labute approximate surface area is 158 Å². The Balaban J connectivity index is 4.43. The zero-order chi connectivity index (χ0) is 20.1. The molecular formula is C16H32O8Si2. The number of carbonyl (C=O) groups is 2. The Morgan fingerprint density at radius 1 is 0.654 bits per heavy atom. The van der Waals surface area contributed by atoms with E-state index in [0.717, 1.165) is 12.2 Å². The van der Waals surface area contributed by atoms with Gasteiger partial charge < -0.3 is 27.2 Å². The van der Waals surface area contributed by atoms with Gasteiger partial charge in [-0.05, 0) is 40.8 Å². The minimum absolute atomic E-state index is 0.0482. The van der Waals surface area contributed by atoms with Crippen LogP contribution in [0.15, 0.2) is 12.2 Å². The molecule has 0 aromatic heterocycles. The molecule has 0 aliphatic heterocycles. The summed E-state index contributed by atoms with van der Waals surface area (Å²) >= 11 is 0. The summed E-state index contributed by atoms with van der Waals surface area (Å²) in [4.78, 5) is 23.5. The SMILES string of the molecule is CCO[Si](C)(COC(=O)C=CC(=O)OC[Si](C)(OCC)OCC)OCC. The van der Waals surface area contributed by atoms with E-state index in [1.807, 2.05) is 40.8 Å². The third kappa shape index (κ3) is 10.8. The Hall–Kier alpha value is -1.05. The molecule has 0 rings (SSSR count). The molecule has 8 nitrogen and oxygen atoms in total. The van der Waals surface area contributed by atoms with Crippen LogP contribution in [0.5, 0.6) is 0 Å². The third-order valence-corrected chi connectivity index (χ3v) is 8.04. The Bertz CT molecular complexity index is 404. The average Bonchev–Trinajstić information content (AvgIpc) is 2.57. The van der Waals surface area contributed by atoms with E-state index in [4.69, 9.17) is 27.2 Å². The highest BCUT2D eigenvalue weighted by Gasteiger charge is 2.33. The first kappa shape index (κ1) is 25.0. The second kappa shape index (κ2) is 13.2. The van der Waals surface area contributed by atoms with Crippen LogP contribution in [0, 0.1) is 0 Å². The van der Waals surface area contributed by atoms with Gasteiger partial charge in [0.05, 0.1) is 0 Å². The average molecular weight is 409 g/mol. The summed E-state index contributed by atoms with van der Waals surface area (Å²) in [7, 11) is -5.09. The predicted molar refractivity (Wildman–Crippen MR) is 101 cm³/mol. The number of rotatable bonds is 14. The molecule has 0 saturated heterocycles. The molecular weight excluding hydrogens is 376 g/mol. The maximum absolute atomic E-state index is 11.8. The summed E-state index contributed by atoms with van der Waals surface area (Å²) in [6.45, 7) is 12.9. The molecule has 0 aromatic rings. The summed E-state index contributed by atoms with van der Waals surface area (Å²) < 4.78 is 32.5. The lowest BCUT2D eigenvalue weighted by molar-refractivity contribution is -0.139. The molecule has 0 amide bonds. The third-order valence-electron chi connectivity index (χ3n) is 3.11. The Kier molecular flexibility index (Phi) is 12.6. The molecule has 0 saturated carbocycles. The maximum Gasteiger partial charge on any atom is 0.374 e. The monoisotopic (exact) mass is 408 g/mol. The van der Waals surface area contributed by atoms with Gasteiger partial charge >= 0.3 is 29.1 Å². The minimum atomic E-state index is -2.55. The van der Waals surface area contributed by atoms with E-state index in [9.17, 15) is 9.59 Å². The van der Waals surface area contributed by atoms with E-state index >= 15 is 0 Å². The molecule has 0 spiro atoms. The van der Waals surface area contributed by atoms with Gasteiger partial charge in [-0.2, -0.15) is 0 Å². The van der Waals surface area contributed by atoms with Crippen LogP contribution in [0.4, 0.5) is 0 Å². The zero-order valence-corrected chi connectivity index (χ0v) is 18.7. The van der Waals surface area contributed by atoms with Gasteiger partial charge in [-0.25, -0.2) is 9.59 Å². The lowest BCUT2D eigenvalue weighted by Gasteiger charge is -2.25. The smallest absolute Gasteiger partial charge is 0.374 e. The van der Waals surface area contributed by atoms with E-state index < -0.39 is 29.1 Å². The first-order valence-corrected chi connectivity index (χ1v) is 13.9. The lowest BCUT2D eigenvalue weighted by Crippen LogP contribution is -2.45. The van der Waals surface area contributed by atoms with Gasteiger partial charge in [-0.3, -0.25) is 0 Å². The molecule has 0 fully saturated rings. The van der Waals surface area contributed by atoms with E-state index in [-0.39, 0.29) is 12.5 Å². The zero-order valence-electron chi connectivity index (χ0n) is 16.7. The van der Waals surface area contributed by atoms with Crippen LogP contribution in [0.25, 0.3) is 0 Å². The van der Waals surface area contributed by atoms with Gasteiger partial charge in [0.1, 0.15) is 12.5 Å². The van der Waals surface area contributed by atoms with Crippen molar-refractivity contribution in [3.8, 4) is 0 Å². The van der Waals surface area contributed by atoms with Crippen molar-refractivity contribution in [1.29, 1.82) is 0 Å². The maximum atomic E-state index is 11.8. The fourth-order valence-electron chi connectivity index (χ4n) is 2.11. The second-order valence-electron chi connectivity index (χ2n) is 5.55. The molecule has 0 aliphatic rings. The molecule has 152 valence electrons. The molecule has 0 bridgehead atoms. The van der Waals surface area contributed by atoms with Gasteiger partial charge in [0, 0.05) is 38.6 Å². The van der Waals surface area contributed by atoms with Gasteiger partial charge in [-0.15, -0.1) is 0 Å². The van der Waals surface area contributed by atoms with Gasteiger partial charge in [-0.1, -0.05) is 0 Å². The van der Waals surface area contributed by atoms with Gasteiger partial charge in [0.2, 0.25) is 0 Å². The number of hydrogen-bond acceptors (Lipinski definition) is 8. The molecule has 0 heterocycles. The van der Waals surface area contributed by atoms with Crippen LogP contribution >= 0.6 is 0 Å². The van der Waals surface area contributed by atoms with Crippen LogP contribution in [0.1, 0.15) is 27.7 Å². The predicted octanol–water partition coefficient (Wildman–Crippen LogP) is 2.00. The molecule has 0 atom stereocenters. The fraction of sp³-hybridized carbons (Fsp3) is 0.750. The lowest BCUT2D eigenvalue weighted by atomic mass is 10.5.